The number of thiocarbonyl (C=S) groups is 1. The maximum absolute atomic E-state index is 13.4. The van der Waals surface area contributed by atoms with Gasteiger partial charge < -0.3 is 10.4 Å². The van der Waals surface area contributed by atoms with E-state index in [1.165, 1.54) is 34.6 Å². The van der Waals surface area contributed by atoms with Crippen molar-refractivity contribution in [3.05, 3.63) is 87.9 Å². The predicted octanol–water partition coefficient (Wildman–Crippen LogP) is 4.45. The van der Waals surface area contributed by atoms with Gasteiger partial charge in [-0.15, -0.1) is 0 Å². The number of carbonyl (C=O) groups is 1. The lowest BCUT2D eigenvalue weighted by Crippen LogP contribution is -2.29. The van der Waals surface area contributed by atoms with E-state index in [0.717, 1.165) is 5.56 Å². The molecule has 10 heteroatoms. The number of carboxylic acid groups (broad SMARTS) is 1. The molecule has 0 aromatic heterocycles. The molecule has 3 aromatic rings. The Morgan fingerprint density at radius 1 is 1.15 bits per heavy atom. The van der Waals surface area contributed by atoms with Gasteiger partial charge in [0.05, 0.1) is 33.5 Å². The zero-order valence-corrected chi connectivity index (χ0v) is 19.3. The van der Waals surface area contributed by atoms with Crippen molar-refractivity contribution in [2.45, 2.75) is 11.3 Å². The van der Waals surface area contributed by atoms with Gasteiger partial charge in [0.15, 0.2) is 0 Å². The zero-order valence-electron chi connectivity index (χ0n) is 16.9. The Balaban J connectivity index is 1.64. The fraction of sp³-hybridized carbons (Fsp3) is 0.0870. The van der Waals surface area contributed by atoms with E-state index in [1.807, 2.05) is 6.07 Å². The molecule has 4 rings (SSSR count). The minimum Gasteiger partial charge on any atom is -0.478 e. The predicted molar refractivity (Wildman–Crippen MR) is 130 cm³/mol. The molecule has 33 heavy (non-hydrogen) atoms. The normalized spacial score (nSPS) is 12.7. The standard InChI is InChI=1S/C23H16ClN3O4S2/c24-17-5-7-21-15(11-17)8-9-27(21)33(30,31)18-3-1-2-16(12-18)22(32)26-20-6-4-14(13-25)10-19(20)23(28)29/h1-7,10-12H,8-9H2,(H,26,32)(H,28,29). The summed E-state index contributed by atoms with van der Waals surface area (Å²) in [5, 5.41) is 21.9. The highest BCUT2D eigenvalue weighted by atomic mass is 35.5. The second-order valence-corrected chi connectivity index (χ2v) is 9.97. The number of hydrogen-bond acceptors (Lipinski definition) is 5. The molecule has 0 bridgehead atoms. The van der Waals surface area contributed by atoms with Crippen LogP contribution in [-0.2, 0) is 16.4 Å². The zero-order chi connectivity index (χ0) is 23.8. The second kappa shape index (κ2) is 8.83. The maximum atomic E-state index is 13.4. The van der Waals surface area contributed by atoms with E-state index in [4.69, 9.17) is 29.1 Å². The number of nitriles is 1. The Labute approximate surface area is 200 Å². The molecule has 1 aliphatic rings. The summed E-state index contributed by atoms with van der Waals surface area (Å²) in [7, 11) is -3.85. The van der Waals surface area contributed by atoms with Gasteiger partial charge in [-0.05, 0) is 60.5 Å². The number of halogens is 1. The number of anilines is 2. The number of carboxylic acids is 1. The SMILES string of the molecule is N#Cc1ccc(NC(=S)c2cccc(S(=O)(=O)N3CCc4cc(Cl)ccc43)c2)c(C(=O)O)c1. The Hall–Kier alpha value is -3.45. The highest BCUT2D eigenvalue weighted by Gasteiger charge is 2.31. The van der Waals surface area contributed by atoms with Gasteiger partial charge in [-0.2, -0.15) is 5.26 Å². The molecule has 7 nitrogen and oxygen atoms in total. The largest absolute Gasteiger partial charge is 0.478 e. The van der Waals surface area contributed by atoms with Crippen LogP contribution in [0.3, 0.4) is 0 Å². The molecule has 0 aliphatic carbocycles. The smallest absolute Gasteiger partial charge is 0.337 e. The van der Waals surface area contributed by atoms with E-state index in [1.54, 1.807) is 30.3 Å². The molecule has 3 aromatic carbocycles. The lowest BCUT2D eigenvalue weighted by molar-refractivity contribution is 0.0698. The van der Waals surface area contributed by atoms with Crippen LogP contribution in [0.2, 0.25) is 5.02 Å². The first-order valence-electron chi connectivity index (χ1n) is 9.71. The van der Waals surface area contributed by atoms with E-state index in [2.05, 4.69) is 5.32 Å². The minimum atomic E-state index is -3.85. The number of rotatable bonds is 5. The molecule has 0 saturated heterocycles. The number of sulfonamides is 1. The molecule has 0 saturated carbocycles. The van der Waals surface area contributed by atoms with Crippen LogP contribution in [0.15, 0.2) is 65.6 Å². The molecular formula is C23H16ClN3O4S2. The number of aromatic carboxylic acids is 1. The van der Waals surface area contributed by atoms with Crippen LogP contribution in [0.1, 0.15) is 27.0 Å². The van der Waals surface area contributed by atoms with Gasteiger partial charge in [-0.1, -0.05) is 36.0 Å². The van der Waals surface area contributed by atoms with Crippen molar-refractivity contribution in [3.8, 4) is 6.07 Å². The van der Waals surface area contributed by atoms with Crippen molar-refractivity contribution in [2.75, 3.05) is 16.2 Å². The van der Waals surface area contributed by atoms with Crippen LogP contribution < -0.4 is 9.62 Å². The van der Waals surface area contributed by atoms with Crippen LogP contribution in [0.5, 0.6) is 0 Å². The first kappa shape index (κ1) is 22.7. The summed E-state index contributed by atoms with van der Waals surface area (Å²) in [6, 6.07) is 17.3. The molecule has 1 aliphatic heterocycles. The highest BCUT2D eigenvalue weighted by molar-refractivity contribution is 7.92. The molecule has 1 heterocycles. The fourth-order valence-corrected chi connectivity index (χ4v) is 5.59. The topological polar surface area (TPSA) is 111 Å². The van der Waals surface area contributed by atoms with Crippen molar-refractivity contribution >= 4 is 56.2 Å². The molecular weight excluding hydrogens is 482 g/mol. The van der Waals surface area contributed by atoms with Crippen molar-refractivity contribution < 1.29 is 18.3 Å². The number of nitrogens with zero attached hydrogens (tertiary/aromatic N) is 2. The van der Waals surface area contributed by atoms with E-state index < -0.39 is 16.0 Å². The first-order valence-corrected chi connectivity index (χ1v) is 11.9. The van der Waals surface area contributed by atoms with Gasteiger partial charge >= 0.3 is 5.97 Å². The highest BCUT2D eigenvalue weighted by Crippen LogP contribution is 2.34. The number of hydrogen-bond donors (Lipinski definition) is 2. The Morgan fingerprint density at radius 2 is 1.94 bits per heavy atom. The van der Waals surface area contributed by atoms with Gasteiger partial charge in [0, 0.05) is 17.1 Å². The summed E-state index contributed by atoms with van der Waals surface area (Å²) in [6.45, 7) is 0.304. The molecule has 166 valence electrons. The van der Waals surface area contributed by atoms with Crippen LogP contribution in [0, 0.1) is 11.3 Å². The second-order valence-electron chi connectivity index (χ2n) is 7.26. The van der Waals surface area contributed by atoms with E-state index in [-0.39, 0.29) is 26.7 Å². The minimum absolute atomic E-state index is 0.0604. The van der Waals surface area contributed by atoms with Gasteiger partial charge in [-0.25, -0.2) is 13.2 Å². The van der Waals surface area contributed by atoms with Crippen molar-refractivity contribution in [3.63, 3.8) is 0 Å². The van der Waals surface area contributed by atoms with Crippen molar-refractivity contribution in [2.24, 2.45) is 0 Å². The molecule has 0 unspecified atom stereocenters. The van der Waals surface area contributed by atoms with Crippen LogP contribution in [0.4, 0.5) is 11.4 Å². The molecule has 0 fully saturated rings. The fourth-order valence-electron chi connectivity index (χ4n) is 3.61. The summed E-state index contributed by atoms with van der Waals surface area (Å²) in [5.41, 5.74) is 2.14. The number of benzene rings is 3. The van der Waals surface area contributed by atoms with Gasteiger partial charge in [0.25, 0.3) is 10.0 Å². The summed E-state index contributed by atoms with van der Waals surface area (Å²) in [5.74, 6) is -1.22. The monoisotopic (exact) mass is 497 g/mol. The average Bonchev–Trinajstić information content (AvgIpc) is 3.23. The summed E-state index contributed by atoms with van der Waals surface area (Å²) in [6.07, 6.45) is 0.561. The van der Waals surface area contributed by atoms with Crippen molar-refractivity contribution in [1.29, 1.82) is 5.26 Å². The summed E-state index contributed by atoms with van der Waals surface area (Å²) in [4.78, 5) is 11.8. The number of fused-ring (bicyclic) bond motifs is 1. The summed E-state index contributed by atoms with van der Waals surface area (Å²) >= 11 is 11.4. The average molecular weight is 498 g/mol. The Kier molecular flexibility index (Phi) is 6.08. The van der Waals surface area contributed by atoms with E-state index in [0.29, 0.717) is 29.2 Å². The van der Waals surface area contributed by atoms with Gasteiger partial charge in [0.2, 0.25) is 0 Å². The molecule has 2 N–H and O–H groups in total. The third kappa shape index (κ3) is 4.41. The van der Waals surface area contributed by atoms with E-state index in [9.17, 15) is 18.3 Å². The van der Waals surface area contributed by atoms with Crippen LogP contribution in [0.25, 0.3) is 0 Å². The van der Waals surface area contributed by atoms with Crippen LogP contribution >= 0.6 is 23.8 Å². The summed E-state index contributed by atoms with van der Waals surface area (Å²) < 4.78 is 28.0. The Bertz CT molecular complexity index is 1450. The van der Waals surface area contributed by atoms with E-state index >= 15 is 0 Å². The third-order valence-corrected chi connectivity index (χ3v) is 7.59. The quantitative estimate of drug-likeness (QED) is 0.501. The molecule has 0 radical (unpaired) electrons. The van der Waals surface area contributed by atoms with Gasteiger partial charge in [0.1, 0.15) is 4.99 Å². The molecule has 0 atom stereocenters. The van der Waals surface area contributed by atoms with Gasteiger partial charge in [-0.3, -0.25) is 4.31 Å². The molecule has 0 spiro atoms. The Morgan fingerprint density at radius 3 is 2.67 bits per heavy atom. The third-order valence-electron chi connectivity index (χ3n) is 5.21. The van der Waals surface area contributed by atoms with Crippen LogP contribution in [-0.4, -0.2) is 31.0 Å². The first-order chi connectivity index (χ1) is 15.7. The lowest BCUT2D eigenvalue weighted by Gasteiger charge is -2.20. The van der Waals surface area contributed by atoms with Crippen molar-refractivity contribution in [1.82, 2.24) is 0 Å². The lowest BCUT2D eigenvalue weighted by atomic mass is 10.1. The molecule has 0 amide bonds. The number of nitrogens with one attached hydrogen (secondary N) is 1. The maximum Gasteiger partial charge on any atom is 0.337 e.